The second kappa shape index (κ2) is 3.96. The Bertz CT molecular complexity index is 210. The third-order valence-electron chi connectivity index (χ3n) is 3.70. The van der Waals surface area contributed by atoms with Crippen molar-refractivity contribution in [3.63, 3.8) is 0 Å². The first-order valence-electron chi connectivity index (χ1n) is 5.68. The number of rotatable bonds is 2. The molecule has 2 unspecified atom stereocenters. The maximum absolute atomic E-state index is 4.18. The Hall–Kier alpha value is -0.460. The van der Waals surface area contributed by atoms with Crippen LogP contribution in [0.4, 0.5) is 0 Å². The monoisotopic (exact) mass is 195 g/mol. The summed E-state index contributed by atoms with van der Waals surface area (Å²) >= 11 is 0. The molecule has 0 saturated heterocycles. The van der Waals surface area contributed by atoms with Gasteiger partial charge < -0.3 is 4.90 Å². The molecule has 0 aromatic rings. The smallest absolute Gasteiger partial charge is 0.00861 e. The van der Waals surface area contributed by atoms with E-state index >= 15 is 0 Å². The van der Waals surface area contributed by atoms with Crippen molar-refractivity contribution in [3.8, 4) is 0 Å². The molecular weight excluding hydrogens is 170 g/mol. The van der Waals surface area contributed by atoms with Gasteiger partial charge in [0.25, 0.3) is 0 Å². The summed E-state index contributed by atoms with van der Waals surface area (Å²) < 4.78 is 0. The fourth-order valence-corrected chi connectivity index (χ4v) is 2.44. The van der Waals surface area contributed by atoms with E-state index in [9.17, 15) is 0 Å². The van der Waals surface area contributed by atoms with E-state index < -0.39 is 0 Å². The van der Waals surface area contributed by atoms with Gasteiger partial charge in [-0.3, -0.25) is 0 Å². The van der Waals surface area contributed by atoms with Gasteiger partial charge in [-0.15, -0.1) is 0 Å². The molecule has 0 amide bonds. The van der Waals surface area contributed by atoms with Gasteiger partial charge in [0, 0.05) is 19.8 Å². The van der Waals surface area contributed by atoms with Crippen LogP contribution in [0.15, 0.2) is 12.3 Å². The molecule has 82 valence electrons. The third kappa shape index (κ3) is 2.52. The maximum Gasteiger partial charge on any atom is 0.00861 e. The maximum atomic E-state index is 4.18. The third-order valence-corrected chi connectivity index (χ3v) is 3.70. The van der Waals surface area contributed by atoms with Crippen molar-refractivity contribution < 1.29 is 0 Å². The van der Waals surface area contributed by atoms with E-state index in [1.54, 1.807) is 0 Å². The molecular formula is C13H25N. The van der Waals surface area contributed by atoms with E-state index in [1.807, 2.05) is 0 Å². The molecule has 2 atom stereocenters. The van der Waals surface area contributed by atoms with Gasteiger partial charge in [-0.2, -0.15) is 0 Å². The van der Waals surface area contributed by atoms with Crippen LogP contribution >= 0.6 is 0 Å². The Morgan fingerprint density at radius 3 is 2.14 bits per heavy atom. The second-order valence-corrected chi connectivity index (χ2v) is 5.96. The molecule has 0 spiro atoms. The molecule has 0 aromatic heterocycles. The summed E-state index contributed by atoms with van der Waals surface area (Å²) in [4.78, 5) is 2.18. The lowest BCUT2D eigenvalue weighted by atomic mass is 9.79. The number of allylic oxidation sites excluding steroid dienone is 1. The molecule has 1 saturated carbocycles. The van der Waals surface area contributed by atoms with Crippen LogP contribution < -0.4 is 0 Å². The SMILES string of the molecule is C=C(C1CCC(C(C)(C)C)C1)N(C)C. The minimum Gasteiger partial charge on any atom is -0.381 e. The average Bonchev–Trinajstić information content (AvgIpc) is 2.49. The normalized spacial score (nSPS) is 27.8. The fourth-order valence-electron chi connectivity index (χ4n) is 2.44. The molecule has 0 bridgehead atoms. The molecule has 0 radical (unpaired) electrons. The Balaban J connectivity index is 2.54. The molecule has 1 aliphatic carbocycles. The lowest BCUT2D eigenvalue weighted by Gasteiger charge is -2.28. The summed E-state index contributed by atoms with van der Waals surface area (Å²) in [5.74, 6) is 1.61. The molecule has 1 aliphatic rings. The topological polar surface area (TPSA) is 3.24 Å². The summed E-state index contributed by atoms with van der Waals surface area (Å²) in [6, 6.07) is 0. The van der Waals surface area contributed by atoms with Crippen LogP contribution in [0.1, 0.15) is 40.0 Å². The van der Waals surface area contributed by atoms with Crippen LogP contribution in [0.2, 0.25) is 0 Å². The van der Waals surface area contributed by atoms with E-state index in [4.69, 9.17) is 0 Å². The summed E-state index contributed by atoms with van der Waals surface area (Å²) in [5, 5.41) is 0. The summed E-state index contributed by atoms with van der Waals surface area (Å²) in [5.41, 5.74) is 1.79. The summed E-state index contributed by atoms with van der Waals surface area (Å²) in [6.45, 7) is 11.3. The zero-order valence-electron chi connectivity index (χ0n) is 10.4. The lowest BCUT2D eigenvalue weighted by Crippen LogP contribution is -2.20. The molecule has 1 rings (SSSR count). The summed E-state index contributed by atoms with van der Waals surface area (Å²) in [6.07, 6.45) is 4.04. The largest absolute Gasteiger partial charge is 0.381 e. The number of hydrogen-bond donors (Lipinski definition) is 0. The molecule has 0 aromatic carbocycles. The van der Waals surface area contributed by atoms with E-state index in [0.29, 0.717) is 5.41 Å². The van der Waals surface area contributed by atoms with Crippen molar-refractivity contribution in [1.29, 1.82) is 0 Å². The highest BCUT2D eigenvalue weighted by Gasteiger charge is 2.34. The lowest BCUT2D eigenvalue weighted by molar-refractivity contribution is 0.239. The Morgan fingerprint density at radius 1 is 1.21 bits per heavy atom. The van der Waals surface area contributed by atoms with Gasteiger partial charge in [-0.05, 0) is 36.5 Å². The highest BCUT2D eigenvalue weighted by Crippen LogP contribution is 2.44. The first-order chi connectivity index (χ1) is 6.32. The van der Waals surface area contributed by atoms with Crippen molar-refractivity contribution >= 4 is 0 Å². The Labute approximate surface area is 89.2 Å². The standard InChI is InChI=1S/C13H25N/c1-10(14(5)6)11-7-8-12(9-11)13(2,3)4/h11-12H,1,7-9H2,2-6H3. The first kappa shape index (κ1) is 11.6. The van der Waals surface area contributed by atoms with Gasteiger partial charge in [-0.25, -0.2) is 0 Å². The highest BCUT2D eigenvalue weighted by molar-refractivity contribution is 5.02. The van der Waals surface area contributed by atoms with Gasteiger partial charge in [0.1, 0.15) is 0 Å². The zero-order chi connectivity index (χ0) is 10.9. The van der Waals surface area contributed by atoms with Crippen LogP contribution in [0.25, 0.3) is 0 Å². The quantitative estimate of drug-likeness (QED) is 0.651. The van der Waals surface area contributed by atoms with Gasteiger partial charge in [-0.1, -0.05) is 27.4 Å². The van der Waals surface area contributed by atoms with E-state index in [2.05, 4.69) is 46.3 Å². The van der Waals surface area contributed by atoms with Crippen molar-refractivity contribution in [2.75, 3.05) is 14.1 Å². The molecule has 1 nitrogen and oxygen atoms in total. The molecule has 1 heteroatoms. The number of nitrogens with zero attached hydrogens (tertiary/aromatic N) is 1. The van der Waals surface area contributed by atoms with Gasteiger partial charge in [0.15, 0.2) is 0 Å². The molecule has 1 fully saturated rings. The highest BCUT2D eigenvalue weighted by atomic mass is 15.1. The van der Waals surface area contributed by atoms with Crippen molar-refractivity contribution in [2.24, 2.45) is 17.3 Å². The van der Waals surface area contributed by atoms with Crippen molar-refractivity contribution in [2.45, 2.75) is 40.0 Å². The van der Waals surface area contributed by atoms with E-state index in [0.717, 1.165) is 11.8 Å². The van der Waals surface area contributed by atoms with Crippen LogP contribution in [0.3, 0.4) is 0 Å². The molecule has 14 heavy (non-hydrogen) atoms. The van der Waals surface area contributed by atoms with Gasteiger partial charge >= 0.3 is 0 Å². The first-order valence-corrected chi connectivity index (χ1v) is 5.68. The average molecular weight is 195 g/mol. The predicted molar refractivity (Wildman–Crippen MR) is 63.1 cm³/mol. The van der Waals surface area contributed by atoms with Gasteiger partial charge in [0.2, 0.25) is 0 Å². The molecule has 0 aliphatic heterocycles. The van der Waals surface area contributed by atoms with Crippen LogP contribution in [-0.2, 0) is 0 Å². The molecule has 0 N–H and O–H groups in total. The van der Waals surface area contributed by atoms with Crippen LogP contribution in [-0.4, -0.2) is 19.0 Å². The Morgan fingerprint density at radius 2 is 1.79 bits per heavy atom. The zero-order valence-corrected chi connectivity index (χ0v) is 10.4. The fraction of sp³-hybridized carbons (Fsp3) is 0.846. The Kier molecular flexibility index (Phi) is 3.28. The minimum atomic E-state index is 0.474. The number of hydrogen-bond acceptors (Lipinski definition) is 1. The van der Waals surface area contributed by atoms with Crippen molar-refractivity contribution in [1.82, 2.24) is 4.90 Å². The van der Waals surface area contributed by atoms with Crippen LogP contribution in [0, 0.1) is 17.3 Å². The second-order valence-electron chi connectivity index (χ2n) is 5.96. The minimum absolute atomic E-state index is 0.474. The van der Waals surface area contributed by atoms with Gasteiger partial charge in [0.05, 0.1) is 0 Å². The van der Waals surface area contributed by atoms with Crippen LogP contribution in [0.5, 0.6) is 0 Å². The van der Waals surface area contributed by atoms with E-state index in [1.165, 1.54) is 25.0 Å². The predicted octanol–water partition coefficient (Wildman–Crippen LogP) is 3.52. The summed E-state index contributed by atoms with van der Waals surface area (Å²) in [7, 11) is 4.21. The van der Waals surface area contributed by atoms with E-state index in [-0.39, 0.29) is 0 Å². The van der Waals surface area contributed by atoms with Crippen molar-refractivity contribution in [3.05, 3.63) is 12.3 Å². The molecule has 0 heterocycles.